The zero-order chi connectivity index (χ0) is 9.41. The molecule has 1 aliphatic rings. The molecule has 0 saturated heterocycles. The Morgan fingerprint density at radius 2 is 2.00 bits per heavy atom. The lowest BCUT2D eigenvalue weighted by molar-refractivity contribution is 0.00167. The Kier molecular flexibility index (Phi) is 2.50. The van der Waals surface area contributed by atoms with Gasteiger partial charge in [-0.3, -0.25) is 5.32 Å². The van der Waals surface area contributed by atoms with Crippen LogP contribution >= 0.6 is 0 Å². The lowest BCUT2D eigenvalue weighted by atomic mass is 9.91. The average Bonchev–Trinajstić information content (AvgIpc) is 2.58. The van der Waals surface area contributed by atoms with Crippen molar-refractivity contribution >= 4 is 0 Å². The molecular weight excluding hydrogens is 150 g/mol. The molecule has 2 heteroatoms. The minimum Gasteiger partial charge on any atom is -0.366 e. The average molecular weight is 171 g/mol. The van der Waals surface area contributed by atoms with Crippen molar-refractivity contribution < 1.29 is 4.74 Å². The molecule has 0 aromatic heterocycles. The summed E-state index contributed by atoms with van der Waals surface area (Å²) in [6.45, 7) is 6.89. The number of methoxy groups -OCH3 is 1. The second kappa shape index (κ2) is 3.00. The molecule has 1 fully saturated rings. The van der Waals surface area contributed by atoms with Gasteiger partial charge in [0.25, 0.3) is 0 Å². The molecule has 0 amide bonds. The van der Waals surface area contributed by atoms with Crippen LogP contribution in [0.3, 0.4) is 0 Å². The lowest BCUT2D eigenvalue weighted by Gasteiger charge is -2.27. The maximum atomic E-state index is 5.44. The van der Waals surface area contributed by atoms with E-state index < -0.39 is 0 Å². The summed E-state index contributed by atoms with van der Waals surface area (Å²) in [5.74, 6) is 0. The van der Waals surface area contributed by atoms with Gasteiger partial charge in [-0.1, -0.05) is 20.8 Å². The minimum atomic E-state index is 0.220. The van der Waals surface area contributed by atoms with Crippen molar-refractivity contribution in [2.75, 3.05) is 14.2 Å². The molecule has 0 spiro atoms. The van der Waals surface area contributed by atoms with Gasteiger partial charge in [-0.2, -0.15) is 0 Å². The molecule has 1 saturated carbocycles. The number of ether oxygens (including phenoxy) is 1. The third-order valence-electron chi connectivity index (χ3n) is 3.61. The van der Waals surface area contributed by atoms with Crippen LogP contribution in [0.25, 0.3) is 0 Å². The van der Waals surface area contributed by atoms with Crippen LogP contribution in [-0.4, -0.2) is 20.4 Å². The van der Waals surface area contributed by atoms with Crippen LogP contribution < -0.4 is 5.32 Å². The van der Waals surface area contributed by atoms with E-state index in [4.69, 9.17) is 4.74 Å². The fourth-order valence-corrected chi connectivity index (χ4v) is 2.60. The van der Waals surface area contributed by atoms with Gasteiger partial charge in [0.15, 0.2) is 0 Å². The third-order valence-corrected chi connectivity index (χ3v) is 3.61. The van der Waals surface area contributed by atoms with E-state index in [1.54, 1.807) is 7.11 Å². The van der Waals surface area contributed by atoms with Crippen LogP contribution in [0.1, 0.15) is 33.6 Å². The van der Waals surface area contributed by atoms with E-state index in [1.165, 1.54) is 12.8 Å². The highest BCUT2D eigenvalue weighted by atomic mass is 16.5. The zero-order valence-corrected chi connectivity index (χ0v) is 8.90. The molecule has 0 aromatic carbocycles. The summed E-state index contributed by atoms with van der Waals surface area (Å²) in [4.78, 5) is 0. The van der Waals surface area contributed by atoms with Crippen molar-refractivity contribution in [3.8, 4) is 0 Å². The molecule has 0 aliphatic heterocycles. The number of rotatable bonds is 4. The van der Waals surface area contributed by atoms with Gasteiger partial charge >= 0.3 is 0 Å². The Hall–Kier alpha value is -0.0800. The van der Waals surface area contributed by atoms with Gasteiger partial charge in [-0.15, -0.1) is 0 Å². The highest BCUT2D eigenvalue weighted by molar-refractivity contribution is 5.11. The van der Waals surface area contributed by atoms with Gasteiger partial charge in [0.2, 0.25) is 0 Å². The normalized spacial score (nSPS) is 34.8. The van der Waals surface area contributed by atoms with Crippen LogP contribution in [-0.2, 0) is 4.74 Å². The summed E-state index contributed by atoms with van der Waals surface area (Å²) in [5, 5.41) is 3.24. The van der Waals surface area contributed by atoms with Crippen LogP contribution in [0.5, 0.6) is 0 Å². The molecule has 72 valence electrons. The SMILES string of the molecule is CCC1([C@@H](NC)OC)CC1(C)C. The van der Waals surface area contributed by atoms with E-state index in [0.29, 0.717) is 10.8 Å². The van der Waals surface area contributed by atoms with Gasteiger partial charge in [0.1, 0.15) is 6.23 Å². The van der Waals surface area contributed by atoms with Crippen molar-refractivity contribution in [3.63, 3.8) is 0 Å². The highest BCUT2D eigenvalue weighted by Crippen LogP contribution is 2.67. The highest BCUT2D eigenvalue weighted by Gasteiger charge is 2.63. The molecule has 0 bridgehead atoms. The van der Waals surface area contributed by atoms with E-state index in [0.717, 1.165) is 0 Å². The van der Waals surface area contributed by atoms with Crippen molar-refractivity contribution in [2.24, 2.45) is 10.8 Å². The fraction of sp³-hybridized carbons (Fsp3) is 1.00. The summed E-state index contributed by atoms with van der Waals surface area (Å²) in [7, 11) is 3.76. The maximum absolute atomic E-state index is 5.44. The molecule has 1 rings (SSSR count). The Morgan fingerprint density at radius 1 is 1.50 bits per heavy atom. The number of hydrogen-bond donors (Lipinski definition) is 1. The Balaban J connectivity index is 2.70. The standard InChI is InChI=1S/C10H21NO/c1-6-10(7-9(10,2)3)8(11-4)12-5/h8,11H,6-7H2,1-5H3/t8-,10?/m0/s1. The first kappa shape index (κ1) is 10.0. The van der Waals surface area contributed by atoms with Crippen molar-refractivity contribution in [1.82, 2.24) is 5.32 Å². The molecule has 0 radical (unpaired) electrons. The van der Waals surface area contributed by atoms with Crippen molar-refractivity contribution in [2.45, 2.75) is 39.8 Å². The molecule has 1 N–H and O–H groups in total. The van der Waals surface area contributed by atoms with Crippen LogP contribution in [0, 0.1) is 10.8 Å². The summed E-state index contributed by atoms with van der Waals surface area (Å²) < 4.78 is 5.44. The summed E-state index contributed by atoms with van der Waals surface area (Å²) in [6, 6.07) is 0. The lowest BCUT2D eigenvalue weighted by Crippen LogP contribution is -2.38. The van der Waals surface area contributed by atoms with Crippen molar-refractivity contribution in [1.29, 1.82) is 0 Å². The van der Waals surface area contributed by atoms with Crippen molar-refractivity contribution in [3.05, 3.63) is 0 Å². The number of nitrogens with one attached hydrogen (secondary N) is 1. The van der Waals surface area contributed by atoms with Gasteiger partial charge in [-0.05, 0) is 25.3 Å². The monoisotopic (exact) mass is 171 g/mol. The number of hydrogen-bond acceptors (Lipinski definition) is 2. The van der Waals surface area contributed by atoms with E-state index >= 15 is 0 Å². The third kappa shape index (κ3) is 1.17. The second-order valence-corrected chi connectivity index (χ2v) is 4.47. The maximum Gasteiger partial charge on any atom is 0.113 e. The molecule has 0 heterocycles. The molecule has 1 aliphatic carbocycles. The largest absolute Gasteiger partial charge is 0.366 e. The molecule has 1 unspecified atom stereocenters. The predicted molar refractivity (Wildman–Crippen MR) is 51.0 cm³/mol. The molecule has 0 aromatic rings. The first-order chi connectivity index (χ1) is 5.54. The van der Waals surface area contributed by atoms with Crippen LogP contribution in [0.2, 0.25) is 0 Å². The van der Waals surface area contributed by atoms with Gasteiger partial charge < -0.3 is 4.74 Å². The van der Waals surface area contributed by atoms with E-state index in [2.05, 4.69) is 26.1 Å². The topological polar surface area (TPSA) is 21.3 Å². The van der Waals surface area contributed by atoms with Gasteiger partial charge in [-0.25, -0.2) is 0 Å². The Bertz CT molecular complexity index is 163. The van der Waals surface area contributed by atoms with E-state index in [9.17, 15) is 0 Å². The quantitative estimate of drug-likeness (QED) is 0.653. The molecular formula is C10H21NO. The van der Waals surface area contributed by atoms with E-state index in [-0.39, 0.29) is 6.23 Å². The summed E-state index contributed by atoms with van der Waals surface area (Å²) in [5.41, 5.74) is 0.821. The summed E-state index contributed by atoms with van der Waals surface area (Å²) >= 11 is 0. The second-order valence-electron chi connectivity index (χ2n) is 4.47. The molecule has 2 nitrogen and oxygen atoms in total. The Labute approximate surface area is 75.7 Å². The minimum absolute atomic E-state index is 0.220. The first-order valence-electron chi connectivity index (χ1n) is 4.74. The Morgan fingerprint density at radius 3 is 2.08 bits per heavy atom. The summed E-state index contributed by atoms with van der Waals surface area (Å²) in [6.07, 6.45) is 2.69. The fourth-order valence-electron chi connectivity index (χ4n) is 2.60. The molecule has 12 heavy (non-hydrogen) atoms. The van der Waals surface area contributed by atoms with Gasteiger partial charge in [0.05, 0.1) is 0 Å². The first-order valence-corrected chi connectivity index (χ1v) is 4.74. The zero-order valence-electron chi connectivity index (χ0n) is 8.90. The van der Waals surface area contributed by atoms with Crippen LogP contribution in [0.15, 0.2) is 0 Å². The predicted octanol–water partition coefficient (Wildman–Crippen LogP) is 2.00. The van der Waals surface area contributed by atoms with Gasteiger partial charge in [0, 0.05) is 12.5 Å². The molecule has 2 atom stereocenters. The van der Waals surface area contributed by atoms with E-state index in [1.807, 2.05) is 7.05 Å². The smallest absolute Gasteiger partial charge is 0.113 e. The van der Waals surface area contributed by atoms with Crippen LogP contribution in [0.4, 0.5) is 0 Å².